The van der Waals surface area contributed by atoms with Crippen LogP contribution in [-0.2, 0) is 25.6 Å². The Balaban J connectivity index is 2.03. The van der Waals surface area contributed by atoms with Gasteiger partial charge in [-0.05, 0) is 44.6 Å². The van der Waals surface area contributed by atoms with Gasteiger partial charge in [-0.25, -0.2) is 4.79 Å². The molecule has 1 saturated heterocycles. The third-order valence-electron chi connectivity index (χ3n) is 5.76. The molecule has 0 saturated carbocycles. The van der Waals surface area contributed by atoms with Crippen LogP contribution in [0.4, 0.5) is 0 Å². The average molecular weight is 490 g/mol. The van der Waals surface area contributed by atoms with E-state index in [0.29, 0.717) is 25.8 Å². The number of nitrogens with zero attached hydrogens (tertiary/aromatic N) is 2. The minimum atomic E-state index is -1.08. The SMILES string of the molecule is CC(NC(=O)C(CCCN=C(N)N)NC(=O)C(N)Cc1ccccc1)C(=O)N1CCCC1C(=O)O. The van der Waals surface area contributed by atoms with Gasteiger partial charge in [0.15, 0.2) is 5.96 Å². The Labute approximate surface area is 204 Å². The van der Waals surface area contributed by atoms with Gasteiger partial charge in [0.25, 0.3) is 0 Å². The Bertz CT molecular complexity index is 920. The quantitative estimate of drug-likeness (QED) is 0.118. The summed E-state index contributed by atoms with van der Waals surface area (Å²) in [5.74, 6) is -2.75. The molecule has 0 bridgehead atoms. The van der Waals surface area contributed by atoms with Gasteiger partial charge in [-0.3, -0.25) is 19.4 Å². The standard InChI is InChI=1S/C23H35N7O5/c1-14(21(33)30-12-6-10-18(30)22(34)35)28-20(32)17(9-5-11-27-23(25)26)29-19(31)16(24)13-15-7-3-2-4-8-15/h2-4,7-8,14,16-18H,5-6,9-13,24H2,1H3,(H,28,32)(H,29,31)(H,34,35)(H4,25,26,27). The van der Waals surface area contributed by atoms with E-state index in [1.807, 2.05) is 30.3 Å². The molecule has 1 aliphatic rings. The number of amides is 3. The smallest absolute Gasteiger partial charge is 0.326 e. The number of nitrogens with two attached hydrogens (primary N) is 3. The van der Waals surface area contributed by atoms with E-state index in [1.165, 1.54) is 11.8 Å². The number of rotatable bonds is 12. The van der Waals surface area contributed by atoms with E-state index >= 15 is 0 Å². The van der Waals surface area contributed by atoms with Crippen LogP contribution in [0.3, 0.4) is 0 Å². The summed E-state index contributed by atoms with van der Waals surface area (Å²) in [5.41, 5.74) is 17.6. The number of guanidine groups is 1. The molecule has 4 atom stereocenters. The normalized spacial score (nSPS) is 17.7. The zero-order valence-corrected chi connectivity index (χ0v) is 19.9. The summed E-state index contributed by atoms with van der Waals surface area (Å²) in [6.07, 6.45) is 1.82. The number of nitrogens with one attached hydrogen (secondary N) is 2. The van der Waals surface area contributed by atoms with Crippen molar-refractivity contribution in [3.8, 4) is 0 Å². The number of carboxylic acid groups (broad SMARTS) is 1. The van der Waals surface area contributed by atoms with Gasteiger partial charge < -0.3 is 37.8 Å². The Morgan fingerprint density at radius 1 is 1.14 bits per heavy atom. The summed E-state index contributed by atoms with van der Waals surface area (Å²) in [4.78, 5) is 55.1. The number of likely N-dealkylation sites (tertiary alicyclic amines) is 1. The van der Waals surface area contributed by atoms with Crippen molar-refractivity contribution >= 4 is 29.7 Å². The molecule has 1 aromatic carbocycles. The summed E-state index contributed by atoms with van der Waals surface area (Å²) < 4.78 is 0. The lowest BCUT2D eigenvalue weighted by molar-refractivity contribution is -0.149. The average Bonchev–Trinajstić information content (AvgIpc) is 3.31. The van der Waals surface area contributed by atoms with E-state index in [1.54, 1.807) is 0 Å². The fraction of sp³-hybridized carbons (Fsp3) is 0.522. The van der Waals surface area contributed by atoms with E-state index < -0.39 is 47.9 Å². The second-order valence-electron chi connectivity index (χ2n) is 8.56. The molecular weight excluding hydrogens is 454 g/mol. The molecule has 0 spiro atoms. The monoisotopic (exact) mass is 489 g/mol. The molecule has 2 rings (SSSR count). The van der Waals surface area contributed by atoms with Gasteiger partial charge in [0.2, 0.25) is 17.7 Å². The molecule has 1 fully saturated rings. The Kier molecular flexibility index (Phi) is 10.5. The first-order valence-corrected chi connectivity index (χ1v) is 11.6. The number of carboxylic acids is 1. The van der Waals surface area contributed by atoms with Crippen molar-refractivity contribution in [2.45, 2.75) is 63.2 Å². The van der Waals surface area contributed by atoms with Crippen LogP contribution in [0.25, 0.3) is 0 Å². The molecule has 1 heterocycles. The fourth-order valence-corrected chi connectivity index (χ4v) is 3.92. The molecule has 192 valence electrons. The van der Waals surface area contributed by atoms with Gasteiger partial charge in [-0.1, -0.05) is 30.3 Å². The third kappa shape index (κ3) is 8.56. The van der Waals surface area contributed by atoms with Crippen molar-refractivity contribution in [3.63, 3.8) is 0 Å². The van der Waals surface area contributed by atoms with Crippen molar-refractivity contribution in [1.29, 1.82) is 0 Å². The molecule has 12 heteroatoms. The summed E-state index contributed by atoms with van der Waals surface area (Å²) in [6.45, 7) is 2.04. The molecule has 0 aliphatic carbocycles. The minimum Gasteiger partial charge on any atom is -0.480 e. The number of benzene rings is 1. The largest absolute Gasteiger partial charge is 0.480 e. The van der Waals surface area contributed by atoms with Crippen LogP contribution >= 0.6 is 0 Å². The highest BCUT2D eigenvalue weighted by atomic mass is 16.4. The second-order valence-corrected chi connectivity index (χ2v) is 8.56. The van der Waals surface area contributed by atoms with Gasteiger partial charge in [-0.15, -0.1) is 0 Å². The van der Waals surface area contributed by atoms with Gasteiger partial charge in [0.05, 0.1) is 6.04 Å². The summed E-state index contributed by atoms with van der Waals surface area (Å²) in [7, 11) is 0. The zero-order chi connectivity index (χ0) is 26.0. The number of hydrogen-bond donors (Lipinski definition) is 6. The second kappa shape index (κ2) is 13.3. The molecule has 0 radical (unpaired) electrons. The highest BCUT2D eigenvalue weighted by Gasteiger charge is 2.36. The minimum absolute atomic E-state index is 0.0854. The first-order chi connectivity index (χ1) is 16.6. The lowest BCUT2D eigenvalue weighted by Crippen LogP contribution is -2.56. The summed E-state index contributed by atoms with van der Waals surface area (Å²) in [5, 5.41) is 14.6. The Morgan fingerprint density at radius 3 is 2.46 bits per heavy atom. The van der Waals surface area contributed by atoms with E-state index in [0.717, 1.165) is 5.56 Å². The molecule has 0 aromatic heterocycles. The number of carbonyl (C=O) groups excluding carboxylic acids is 3. The summed E-state index contributed by atoms with van der Waals surface area (Å²) in [6, 6.07) is 5.49. The van der Waals surface area contributed by atoms with Crippen molar-refractivity contribution in [2.24, 2.45) is 22.2 Å². The number of carbonyl (C=O) groups is 4. The molecule has 12 nitrogen and oxygen atoms in total. The number of hydrogen-bond acceptors (Lipinski definition) is 6. The number of aliphatic carboxylic acids is 1. The Morgan fingerprint density at radius 2 is 1.83 bits per heavy atom. The maximum atomic E-state index is 13.0. The third-order valence-corrected chi connectivity index (χ3v) is 5.76. The van der Waals surface area contributed by atoms with Gasteiger partial charge >= 0.3 is 5.97 Å². The van der Waals surface area contributed by atoms with Crippen molar-refractivity contribution in [2.75, 3.05) is 13.1 Å². The van der Waals surface area contributed by atoms with Crippen LogP contribution in [0.1, 0.15) is 38.2 Å². The molecule has 3 amide bonds. The van der Waals surface area contributed by atoms with Crippen LogP contribution in [-0.4, -0.2) is 76.9 Å². The topological polar surface area (TPSA) is 206 Å². The first kappa shape index (κ1) is 27.6. The Hall–Kier alpha value is -3.67. The highest BCUT2D eigenvalue weighted by Crippen LogP contribution is 2.18. The van der Waals surface area contributed by atoms with E-state index in [-0.39, 0.29) is 25.3 Å². The number of aliphatic imine (C=N–C) groups is 1. The van der Waals surface area contributed by atoms with Gasteiger partial charge in [0.1, 0.15) is 18.1 Å². The van der Waals surface area contributed by atoms with E-state index in [2.05, 4.69) is 15.6 Å². The van der Waals surface area contributed by atoms with Gasteiger partial charge in [0, 0.05) is 13.1 Å². The lowest BCUT2D eigenvalue weighted by Gasteiger charge is -2.27. The van der Waals surface area contributed by atoms with Crippen molar-refractivity contribution in [3.05, 3.63) is 35.9 Å². The maximum Gasteiger partial charge on any atom is 0.326 e. The maximum absolute atomic E-state index is 13.0. The highest BCUT2D eigenvalue weighted by molar-refractivity contribution is 5.94. The summed E-state index contributed by atoms with van der Waals surface area (Å²) >= 11 is 0. The van der Waals surface area contributed by atoms with E-state index in [4.69, 9.17) is 17.2 Å². The van der Waals surface area contributed by atoms with Crippen molar-refractivity contribution < 1.29 is 24.3 Å². The predicted octanol–water partition coefficient (Wildman–Crippen LogP) is -1.32. The first-order valence-electron chi connectivity index (χ1n) is 11.6. The van der Waals surface area contributed by atoms with Crippen LogP contribution in [0, 0.1) is 0 Å². The molecule has 1 aromatic rings. The molecule has 9 N–H and O–H groups in total. The van der Waals surface area contributed by atoms with Crippen LogP contribution in [0.5, 0.6) is 0 Å². The molecule has 35 heavy (non-hydrogen) atoms. The van der Waals surface area contributed by atoms with Crippen LogP contribution < -0.4 is 27.8 Å². The van der Waals surface area contributed by atoms with E-state index in [9.17, 15) is 24.3 Å². The molecular formula is C23H35N7O5. The van der Waals surface area contributed by atoms with Crippen LogP contribution in [0.2, 0.25) is 0 Å². The zero-order valence-electron chi connectivity index (χ0n) is 19.9. The van der Waals surface area contributed by atoms with Gasteiger partial charge in [-0.2, -0.15) is 0 Å². The molecule has 1 aliphatic heterocycles. The molecule has 4 unspecified atom stereocenters. The predicted molar refractivity (Wildman–Crippen MR) is 130 cm³/mol. The fourth-order valence-electron chi connectivity index (χ4n) is 3.92. The van der Waals surface area contributed by atoms with Crippen molar-refractivity contribution in [1.82, 2.24) is 15.5 Å². The van der Waals surface area contributed by atoms with Crippen LogP contribution in [0.15, 0.2) is 35.3 Å². The lowest BCUT2D eigenvalue weighted by atomic mass is 10.0.